The largest absolute Gasteiger partial charge is 0.497 e. The van der Waals surface area contributed by atoms with E-state index in [9.17, 15) is 9.59 Å². The van der Waals surface area contributed by atoms with Crippen LogP contribution in [0.3, 0.4) is 0 Å². The summed E-state index contributed by atoms with van der Waals surface area (Å²) in [5.41, 5.74) is 2.79. The minimum atomic E-state index is -0.402. The summed E-state index contributed by atoms with van der Waals surface area (Å²) in [6.07, 6.45) is 0. The molecule has 0 aliphatic rings. The third-order valence-electron chi connectivity index (χ3n) is 4.43. The number of rotatable bonds is 6. The fraction of sp³-hybridized carbons (Fsp3) is 0.0833. The first-order chi connectivity index (χ1) is 14.1. The van der Waals surface area contributed by atoms with E-state index in [1.807, 2.05) is 43.3 Å². The quantitative estimate of drug-likeness (QED) is 0.613. The molecule has 0 spiro atoms. The third kappa shape index (κ3) is 5.11. The smallest absolute Gasteiger partial charge is 0.272 e. The lowest BCUT2D eigenvalue weighted by molar-refractivity contribution is -0.113. The van der Waals surface area contributed by atoms with E-state index in [4.69, 9.17) is 4.74 Å². The summed E-state index contributed by atoms with van der Waals surface area (Å²) in [5, 5.41) is 5.61. The van der Waals surface area contributed by atoms with E-state index in [2.05, 4.69) is 10.6 Å². The van der Waals surface area contributed by atoms with Crippen molar-refractivity contribution in [2.24, 2.45) is 0 Å². The second-order valence-electron chi connectivity index (χ2n) is 6.37. The van der Waals surface area contributed by atoms with Crippen molar-refractivity contribution in [3.63, 3.8) is 0 Å². The number of carbonyl (C=O) groups is 2. The maximum Gasteiger partial charge on any atom is 0.272 e. The molecule has 0 fully saturated rings. The molecule has 0 saturated carbocycles. The number of nitrogens with one attached hydrogen (secondary N) is 2. The number of amides is 2. The topological polar surface area (TPSA) is 67.4 Å². The lowest BCUT2D eigenvalue weighted by Gasteiger charge is -2.15. The highest BCUT2D eigenvalue weighted by Crippen LogP contribution is 2.20. The molecule has 0 radical (unpaired) electrons. The zero-order valence-corrected chi connectivity index (χ0v) is 16.3. The SMILES string of the molecule is COc1ccc(NC(=O)/C(NC(=O)c2ccccc2)=C(/C)c2ccccc2)cc1. The van der Waals surface area contributed by atoms with Gasteiger partial charge in [-0.3, -0.25) is 9.59 Å². The fourth-order valence-corrected chi connectivity index (χ4v) is 2.80. The molecule has 5 nitrogen and oxygen atoms in total. The Hall–Kier alpha value is -3.86. The van der Waals surface area contributed by atoms with Crippen molar-refractivity contribution in [2.75, 3.05) is 12.4 Å². The highest BCUT2D eigenvalue weighted by atomic mass is 16.5. The molecule has 0 heterocycles. The predicted molar refractivity (Wildman–Crippen MR) is 115 cm³/mol. The molecule has 0 saturated heterocycles. The number of hydrogen-bond acceptors (Lipinski definition) is 3. The Morgan fingerprint density at radius 3 is 1.86 bits per heavy atom. The second-order valence-corrected chi connectivity index (χ2v) is 6.37. The summed E-state index contributed by atoms with van der Waals surface area (Å²) in [6.45, 7) is 1.81. The van der Waals surface area contributed by atoms with Crippen LogP contribution < -0.4 is 15.4 Å². The van der Waals surface area contributed by atoms with Crippen molar-refractivity contribution in [3.05, 3.63) is 102 Å². The van der Waals surface area contributed by atoms with Gasteiger partial charge < -0.3 is 15.4 Å². The van der Waals surface area contributed by atoms with Gasteiger partial charge in [-0.05, 0) is 54.5 Å². The van der Waals surface area contributed by atoms with Gasteiger partial charge in [0.15, 0.2) is 0 Å². The summed E-state index contributed by atoms with van der Waals surface area (Å²) in [7, 11) is 1.58. The van der Waals surface area contributed by atoms with Crippen molar-refractivity contribution in [3.8, 4) is 5.75 Å². The molecular formula is C24H22N2O3. The van der Waals surface area contributed by atoms with Gasteiger partial charge in [-0.25, -0.2) is 0 Å². The highest BCUT2D eigenvalue weighted by molar-refractivity contribution is 6.12. The van der Waals surface area contributed by atoms with E-state index in [0.29, 0.717) is 22.6 Å². The Bertz CT molecular complexity index is 1010. The average Bonchev–Trinajstić information content (AvgIpc) is 2.78. The van der Waals surface area contributed by atoms with E-state index in [-0.39, 0.29) is 11.6 Å². The van der Waals surface area contributed by atoms with E-state index >= 15 is 0 Å². The molecule has 2 amide bonds. The first-order valence-electron chi connectivity index (χ1n) is 9.16. The van der Waals surface area contributed by atoms with Crippen LogP contribution in [0.4, 0.5) is 5.69 Å². The highest BCUT2D eigenvalue weighted by Gasteiger charge is 2.18. The third-order valence-corrected chi connectivity index (χ3v) is 4.43. The number of ether oxygens (including phenoxy) is 1. The van der Waals surface area contributed by atoms with Crippen LogP contribution in [0.15, 0.2) is 90.6 Å². The van der Waals surface area contributed by atoms with E-state index in [1.165, 1.54) is 0 Å². The zero-order valence-electron chi connectivity index (χ0n) is 16.3. The van der Waals surface area contributed by atoms with Gasteiger partial charge in [0.25, 0.3) is 11.8 Å². The number of carbonyl (C=O) groups excluding carboxylic acids is 2. The maximum atomic E-state index is 13.0. The van der Waals surface area contributed by atoms with E-state index < -0.39 is 5.91 Å². The van der Waals surface area contributed by atoms with Gasteiger partial charge in [-0.1, -0.05) is 48.5 Å². The maximum absolute atomic E-state index is 13.0. The molecule has 0 aliphatic heterocycles. The molecule has 29 heavy (non-hydrogen) atoms. The van der Waals surface area contributed by atoms with E-state index in [1.54, 1.807) is 55.6 Å². The van der Waals surface area contributed by atoms with Crippen molar-refractivity contribution in [1.82, 2.24) is 5.32 Å². The van der Waals surface area contributed by atoms with Gasteiger partial charge in [0.1, 0.15) is 11.4 Å². The Balaban J connectivity index is 1.91. The van der Waals surface area contributed by atoms with Gasteiger partial charge in [0.2, 0.25) is 0 Å². The number of benzene rings is 3. The Morgan fingerprint density at radius 2 is 1.31 bits per heavy atom. The Morgan fingerprint density at radius 1 is 0.759 bits per heavy atom. The molecule has 0 aromatic heterocycles. The van der Waals surface area contributed by atoms with Crippen LogP contribution in [0.25, 0.3) is 5.57 Å². The molecular weight excluding hydrogens is 364 g/mol. The molecule has 0 aliphatic carbocycles. The summed E-state index contributed by atoms with van der Waals surface area (Å²) in [5.74, 6) is -0.0572. The number of anilines is 1. The molecule has 3 aromatic rings. The second kappa shape index (κ2) is 9.37. The number of hydrogen-bond donors (Lipinski definition) is 2. The van der Waals surface area contributed by atoms with Crippen LogP contribution in [-0.4, -0.2) is 18.9 Å². The summed E-state index contributed by atoms with van der Waals surface area (Å²) >= 11 is 0. The molecule has 5 heteroatoms. The predicted octanol–water partition coefficient (Wildman–Crippen LogP) is 4.49. The van der Waals surface area contributed by atoms with Crippen LogP contribution >= 0.6 is 0 Å². The van der Waals surface area contributed by atoms with Crippen molar-refractivity contribution < 1.29 is 14.3 Å². The van der Waals surface area contributed by atoms with Crippen molar-refractivity contribution in [1.29, 1.82) is 0 Å². The summed E-state index contributed by atoms with van der Waals surface area (Å²) in [6, 6.07) is 25.2. The molecule has 0 atom stereocenters. The lowest BCUT2D eigenvalue weighted by atomic mass is 10.0. The standard InChI is InChI=1S/C24H22N2O3/c1-17(18-9-5-3-6-10-18)22(26-23(27)19-11-7-4-8-12-19)24(28)25-20-13-15-21(29-2)16-14-20/h3-16H,1-2H3,(H,25,28)(H,26,27)/b22-17+. The molecule has 3 rings (SSSR count). The van der Waals surface area contributed by atoms with Gasteiger partial charge >= 0.3 is 0 Å². The minimum Gasteiger partial charge on any atom is -0.497 e. The van der Waals surface area contributed by atoms with Crippen LogP contribution in [0.1, 0.15) is 22.8 Å². The van der Waals surface area contributed by atoms with Crippen LogP contribution in [-0.2, 0) is 4.79 Å². The first-order valence-corrected chi connectivity index (χ1v) is 9.16. The van der Waals surface area contributed by atoms with Crippen molar-refractivity contribution in [2.45, 2.75) is 6.92 Å². The first kappa shape index (κ1) is 19.9. The van der Waals surface area contributed by atoms with Crippen LogP contribution in [0.2, 0.25) is 0 Å². The summed E-state index contributed by atoms with van der Waals surface area (Å²) < 4.78 is 5.14. The number of methoxy groups -OCH3 is 1. The normalized spacial score (nSPS) is 11.2. The van der Waals surface area contributed by atoms with Gasteiger partial charge in [-0.15, -0.1) is 0 Å². The molecule has 2 N–H and O–H groups in total. The molecule has 0 bridgehead atoms. The monoisotopic (exact) mass is 386 g/mol. The van der Waals surface area contributed by atoms with Crippen molar-refractivity contribution >= 4 is 23.1 Å². The van der Waals surface area contributed by atoms with Crippen LogP contribution in [0.5, 0.6) is 5.75 Å². The van der Waals surface area contributed by atoms with Gasteiger partial charge in [0.05, 0.1) is 7.11 Å². The Labute approximate surface area is 170 Å². The number of allylic oxidation sites excluding steroid dienone is 1. The van der Waals surface area contributed by atoms with Gasteiger partial charge in [-0.2, -0.15) is 0 Å². The Kier molecular flexibility index (Phi) is 6.43. The minimum absolute atomic E-state index is 0.195. The fourth-order valence-electron chi connectivity index (χ4n) is 2.80. The molecule has 0 unspecified atom stereocenters. The average molecular weight is 386 g/mol. The lowest BCUT2D eigenvalue weighted by Crippen LogP contribution is -2.31. The molecule has 3 aromatic carbocycles. The van der Waals surface area contributed by atoms with E-state index in [0.717, 1.165) is 5.56 Å². The molecule has 146 valence electrons. The van der Waals surface area contributed by atoms with Gasteiger partial charge in [0, 0.05) is 11.3 Å². The summed E-state index contributed by atoms with van der Waals surface area (Å²) in [4.78, 5) is 25.7. The van der Waals surface area contributed by atoms with Crippen LogP contribution in [0, 0.1) is 0 Å². The zero-order chi connectivity index (χ0) is 20.6.